The molecule has 0 unspecified atom stereocenters. The summed E-state index contributed by atoms with van der Waals surface area (Å²) in [5.74, 6) is -0.612. The minimum Gasteiger partial charge on any atom is -0.361 e. The first-order valence-corrected chi connectivity index (χ1v) is 7.16. The van der Waals surface area contributed by atoms with Crippen LogP contribution < -0.4 is 0 Å². The first kappa shape index (κ1) is 14.3. The zero-order valence-electron chi connectivity index (χ0n) is 12.5. The Morgan fingerprint density at radius 2 is 1.91 bits per heavy atom. The van der Waals surface area contributed by atoms with Gasteiger partial charge < -0.3 is 9.88 Å². The molecule has 0 spiro atoms. The number of nitrogens with one attached hydrogen (secondary N) is 1. The van der Waals surface area contributed by atoms with Gasteiger partial charge in [0.05, 0.1) is 17.1 Å². The first-order valence-electron chi connectivity index (χ1n) is 7.16. The van der Waals surface area contributed by atoms with Crippen molar-refractivity contribution in [2.75, 3.05) is 7.05 Å². The molecule has 1 atom stereocenters. The molecule has 112 valence electrons. The van der Waals surface area contributed by atoms with E-state index in [1.54, 1.807) is 24.2 Å². The molecule has 0 radical (unpaired) electrons. The van der Waals surface area contributed by atoms with Crippen LogP contribution in [0.3, 0.4) is 0 Å². The highest BCUT2D eigenvalue weighted by Gasteiger charge is 2.21. The van der Waals surface area contributed by atoms with Crippen molar-refractivity contribution in [1.82, 2.24) is 9.88 Å². The summed E-state index contributed by atoms with van der Waals surface area (Å²) >= 11 is 0. The number of aromatic amines is 1. The van der Waals surface area contributed by atoms with Crippen molar-refractivity contribution in [3.63, 3.8) is 0 Å². The lowest BCUT2D eigenvalue weighted by Crippen LogP contribution is -2.30. The van der Waals surface area contributed by atoms with Gasteiger partial charge >= 0.3 is 0 Å². The van der Waals surface area contributed by atoms with Crippen LogP contribution in [0.4, 0.5) is 4.39 Å². The van der Waals surface area contributed by atoms with Crippen LogP contribution in [0, 0.1) is 5.82 Å². The predicted octanol–water partition coefficient (Wildman–Crippen LogP) is 4.14. The fraction of sp³-hybridized carbons (Fsp3) is 0.167. The van der Waals surface area contributed by atoms with Crippen LogP contribution in [0.5, 0.6) is 0 Å². The summed E-state index contributed by atoms with van der Waals surface area (Å²) in [6.45, 7) is 1.96. The van der Waals surface area contributed by atoms with Gasteiger partial charge in [0.15, 0.2) is 0 Å². The summed E-state index contributed by atoms with van der Waals surface area (Å²) in [7, 11) is 1.74. The molecule has 1 N–H and O–H groups in total. The fourth-order valence-corrected chi connectivity index (χ4v) is 2.62. The monoisotopic (exact) mass is 296 g/mol. The number of H-pyrrole nitrogens is 1. The lowest BCUT2D eigenvalue weighted by molar-refractivity contribution is 0.0744. The van der Waals surface area contributed by atoms with Crippen molar-refractivity contribution in [2.24, 2.45) is 0 Å². The standard InChI is InChI=1S/C18H17FN2O/c1-12(13-6-4-3-5-7-13)21(2)18(22)16-11-15(19)10-14-8-9-20-17(14)16/h3-12,20H,1-2H3/t12-/m0/s1. The molecule has 2 aromatic carbocycles. The number of benzene rings is 2. The van der Waals surface area contributed by atoms with E-state index in [2.05, 4.69) is 4.98 Å². The van der Waals surface area contributed by atoms with Crippen molar-refractivity contribution < 1.29 is 9.18 Å². The predicted molar refractivity (Wildman–Crippen MR) is 85.2 cm³/mol. The van der Waals surface area contributed by atoms with E-state index in [9.17, 15) is 9.18 Å². The van der Waals surface area contributed by atoms with E-state index in [-0.39, 0.29) is 11.9 Å². The Morgan fingerprint density at radius 3 is 2.64 bits per heavy atom. The van der Waals surface area contributed by atoms with Gasteiger partial charge in [0.25, 0.3) is 5.91 Å². The maximum atomic E-state index is 13.7. The zero-order chi connectivity index (χ0) is 15.7. The highest BCUT2D eigenvalue weighted by molar-refractivity contribution is 6.05. The van der Waals surface area contributed by atoms with Gasteiger partial charge in [-0.05, 0) is 30.7 Å². The highest BCUT2D eigenvalue weighted by Crippen LogP contribution is 2.24. The van der Waals surface area contributed by atoms with Crippen LogP contribution in [-0.4, -0.2) is 22.8 Å². The van der Waals surface area contributed by atoms with Crippen LogP contribution >= 0.6 is 0 Å². The van der Waals surface area contributed by atoms with Gasteiger partial charge in [0.2, 0.25) is 0 Å². The Bertz CT molecular complexity index is 810. The van der Waals surface area contributed by atoms with Gasteiger partial charge in [-0.2, -0.15) is 0 Å². The summed E-state index contributed by atoms with van der Waals surface area (Å²) in [6, 6.07) is 14.1. The minimum absolute atomic E-state index is 0.0954. The minimum atomic E-state index is -0.406. The maximum Gasteiger partial charge on any atom is 0.256 e. The smallest absolute Gasteiger partial charge is 0.256 e. The fourth-order valence-electron chi connectivity index (χ4n) is 2.62. The number of aromatic nitrogens is 1. The van der Waals surface area contributed by atoms with E-state index in [0.29, 0.717) is 16.5 Å². The maximum absolute atomic E-state index is 13.7. The second kappa shape index (κ2) is 5.64. The summed E-state index contributed by atoms with van der Waals surface area (Å²) in [4.78, 5) is 17.4. The highest BCUT2D eigenvalue weighted by atomic mass is 19.1. The molecule has 4 heteroatoms. The lowest BCUT2D eigenvalue weighted by Gasteiger charge is -2.25. The second-order valence-electron chi connectivity index (χ2n) is 5.40. The SMILES string of the molecule is C[C@@H](c1ccccc1)N(C)C(=O)c1cc(F)cc2cc[nH]c12. The van der Waals surface area contributed by atoms with Crippen LogP contribution in [0.2, 0.25) is 0 Å². The van der Waals surface area contributed by atoms with Crippen LogP contribution in [0.15, 0.2) is 54.7 Å². The van der Waals surface area contributed by atoms with Gasteiger partial charge in [-0.25, -0.2) is 4.39 Å². The van der Waals surface area contributed by atoms with Crippen molar-refractivity contribution in [3.05, 3.63) is 71.7 Å². The average Bonchev–Trinajstić information content (AvgIpc) is 3.01. The third-order valence-corrected chi connectivity index (χ3v) is 4.04. The molecule has 3 rings (SSSR count). The molecule has 0 saturated carbocycles. The molecule has 3 aromatic rings. The average molecular weight is 296 g/mol. The number of rotatable bonds is 3. The molecule has 0 bridgehead atoms. The van der Waals surface area contributed by atoms with E-state index in [0.717, 1.165) is 5.56 Å². The summed E-state index contributed by atoms with van der Waals surface area (Å²) in [6.07, 6.45) is 1.71. The van der Waals surface area contributed by atoms with E-state index < -0.39 is 5.82 Å². The van der Waals surface area contributed by atoms with Gasteiger partial charge in [-0.15, -0.1) is 0 Å². The number of hydrogen-bond acceptors (Lipinski definition) is 1. The molecule has 3 nitrogen and oxygen atoms in total. The Labute approximate surface area is 128 Å². The third-order valence-electron chi connectivity index (χ3n) is 4.04. The molecule has 1 aromatic heterocycles. The number of fused-ring (bicyclic) bond motifs is 1. The number of carbonyl (C=O) groups excluding carboxylic acids is 1. The zero-order valence-corrected chi connectivity index (χ0v) is 12.5. The molecular weight excluding hydrogens is 279 g/mol. The Balaban J connectivity index is 1.97. The number of carbonyl (C=O) groups is 1. The van der Waals surface area contributed by atoms with E-state index >= 15 is 0 Å². The number of nitrogens with zero attached hydrogens (tertiary/aromatic N) is 1. The molecule has 0 saturated heterocycles. The molecule has 1 heterocycles. The summed E-state index contributed by atoms with van der Waals surface area (Å²) < 4.78 is 13.7. The Kier molecular flexibility index (Phi) is 3.67. The molecule has 0 aliphatic carbocycles. The molecule has 0 aliphatic heterocycles. The number of halogens is 1. The number of amides is 1. The lowest BCUT2D eigenvalue weighted by atomic mass is 10.1. The third kappa shape index (κ3) is 2.48. The topological polar surface area (TPSA) is 36.1 Å². The van der Waals surface area contributed by atoms with Crippen LogP contribution in [-0.2, 0) is 0 Å². The number of hydrogen-bond donors (Lipinski definition) is 1. The van der Waals surface area contributed by atoms with Crippen molar-refractivity contribution in [2.45, 2.75) is 13.0 Å². The summed E-state index contributed by atoms with van der Waals surface area (Å²) in [5, 5.41) is 0.698. The Hall–Kier alpha value is -2.62. The van der Waals surface area contributed by atoms with Crippen molar-refractivity contribution >= 4 is 16.8 Å². The van der Waals surface area contributed by atoms with Crippen molar-refractivity contribution in [1.29, 1.82) is 0 Å². The van der Waals surface area contributed by atoms with E-state index in [1.807, 2.05) is 37.3 Å². The molecular formula is C18H17FN2O. The normalized spacial score (nSPS) is 12.3. The van der Waals surface area contributed by atoms with E-state index in [1.165, 1.54) is 12.1 Å². The van der Waals surface area contributed by atoms with Crippen molar-refractivity contribution in [3.8, 4) is 0 Å². The van der Waals surface area contributed by atoms with Gasteiger partial charge in [0.1, 0.15) is 5.82 Å². The molecule has 0 fully saturated rings. The summed E-state index contributed by atoms with van der Waals surface area (Å²) in [5.41, 5.74) is 2.06. The quantitative estimate of drug-likeness (QED) is 0.774. The van der Waals surface area contributed by atoms with Crippen LogP contribution in [0.25, 0.3) is 10.9 Å². The van der Waals surface area contributed by atoms with Gasteiger partial charge in [0, 0.05) is 18.6 Å². The molecule has 0 aliphatic rings. The first-order chi connectivity index (χ1) is 10.6. The van der Waals surface area contributed by atoms with Crippen LogP contribution in [0.1, 0.15) is 28.9 Å². The van der Waals surface area contributed by atoms with E-state index in [4.69, 9.17) is 0 Å². The Morgan fingerprint density at radius 1 is 1.18 bits per heavy atom. The second-order valence-corrected chi connectivity index (χ2v) is 5.40. The largest absolute Gasteiger partial charge is 0.361 e. The van der Waals surface area contributed by atoms with Gasteiger partial charge in [-0.3, -0.25) is 4.79 Å². The molecule has 1 amide bonds. The molecule has 22 heavy (non-hydrogen) atoms. The van der Waals surface area contributed by atoms with Gasteiger partial charge in [-0.1, -0.05) is 30.3 Å².